The number of carbonyl (C=O) groups is 1. The van der Waals surface area contributed by atoms with Gasteiger partial charge in [-0.1, -0.05) is 12.8 Å². The van der Waals surface area contributed by atoms with Crippen LogP contribution in [0.4, 0.5) is 11.6 Å². The van der Waals surface area contributed by atoms with Gasteiger partial charge in [-0.2, -0.15) is 0 Å². The summed E-state index contributed by atoms with van der Waals surface area (Å²) in [5.41, 5.74) is 0. The summed E-state index contributed by atoms with van der Waals surface area (Å²) in [5, 5.41) is 14.9. The largest absolute Gasteiger partial charge is 0.481 e. The van der Waals surface area contributed by atoms with Gasteiger partial charge in [0.2, 0.25) is 0 Å². The minimum absolute atomic E-state index is 0.0782. The zero-order valence-electron chi connectivity index (χ0n) is 10.9. The van der Waals surface area contributed by atoms with Gasteiger partial charge in [-0.05, 0) is 18.8 Å². The second kappa shape index (κ2) is 6.92. The van der Waals surface area contributed by atoms with Gasteiger partial charge in [0.25, 0.3) is 0 Å². The third-order valence-electron chi connectivity index (χ3n) is 3.36. The highest BCUT2D eigenvalue weighted by Gasteiger charge is 2.14. The molecular formula is C13H20N4O2. The smallest absolute Gasteiger partial charge is 0.305 e. The van der Waals surface area contributed by atoms with E-state index in [2.05, 4.69) is 20.6 Å². The van der Waals surface area contributed by atoms with E-state index < -0.39 is 5.97 Å². The highest BCUT2D eigenvalue weighted by Crippen LogP contribution is 2.24. The predicted molar refractivity (Wildman–Crippen MR) is 73.2 cm³/mol. The van der Waals surface area contributed by atoms with Crippen molar-refractivity contribution in [3.8, 4) is 0 Å². The van der Waals surface area contributed by atoms with Gasteiger partial charge in [-0.3, -0.25) is 4.79 Å². The van der Waals surface area contributed by atoms with Crippen molar-refractivity contribution < 1.29 is 9.90 Å². The lowest BCUT2D eigenvalue weighted by Crippen LogP contribution is -2.13. The van der Waals surface area contributed by atoms with Gasteiger partial charge in [0.15, 0.2) is 0 Å². The molecule has 1 aliphatic carbocycles. The molecule has 2 rings (SSSR count). The van der Waals surface area contributed by atoms with Crippen molar-refractivity contribution in [2.45, 2.75) is 32.1 Å². The molecule has 104 valence electrons. The summed E-state index contributed by atoms with van der Waals surface area (Å²) in [7, 11) is 0. The van der Waals surface area contributed by atoms with E-state index >= 15 is 0 Å². The van der Waals surface area contributed by atoms with Crippen LogP contribution in [0, 0.1) is 5.92 Å². The molecule has 0 saturated heterocycles. The zero-order chi connectivity index (χ0) is 13.5. The fourth-order valence-corrected chi connectivity index (χ4v) is 2.31. The van der Waals surface area contributed by atoms with Gasteiger partial charge >= 0.3 is 5.97 Å². The molecule has 0 atom stereocenters. The molecule has 6 nitrogen and oxygen atoms in total. The zero-order valence-corrected chi connectivity index (χ0v) is 10.9. The molecular weight excluding hydrogens is 244 g/mol. The van der Waals surface area contributed by atoms with Crippen LogP contribution in [-0.2, 0) is 4.79 Å². The molecule has 1 heterocycles. The third kappa shape index (κ3) is 4.73. The van der Waals surface area contributed by atoms with Crippen molar-refractivity contribution >= 4 is 17.6 Å². The number of anilines is 2. The number of rotatable bonds is 7. The Morgan fingerprint density at radius 1 is 1.26 bits per heavy atom. The summed E-state index contributed by atoms with van der Waals surface area (Å²) < 4.78 is 0. The number of aromatic nitrogens is 2. The number of hydrogen-bond donors (Lipinski definition) is 3. The Bertz CT molecular complexity index is 419. The monoisotopic (exact) mass is 264 g/mol. The van der Waals surface area contributed by atoms with Gasteiger partial charge in [0.1, 0.15) is 18.0 Å². The van der Waals surface area contributed by atoms with Crippen LogP contribution >= 0.6 is 0 Å². The average Bonchev–Trinajstić information content (AvgIpc) is 2.89. The van der Waals surface area contributed by atoms with Crippen molar-refractivity contribution in [1.29, 1.82) is 0 Å². The Balaban J connectivity index is 1.78. The van der Waals surface area contributed by atoms with E-state index in [0.717, 1.165) is 18.3 Å². The van der Waals surface area contributed by atoms with Crippen LogP contribution in [0.5, 0.6) is 0 Å². The number of nitrogens with zero attached hydrogens (tertiary/aromatic N) is 2. The highest BCUT2D eigenvalue weighted by molar-refractivity contribution is 5.67. The molecule has 19 heavy (non-hydrogen) atoms. The number of carboxylic acid groups (broad SMARTS) is 1. The fraction of sp³-hybridized carbons (Fsp3) is 0.615. The summed E-state index contributed by atoms with van der Waals surface area (Å²) >= 11 is 0. The van der Waals surface area contributed by atoms with Gasteiger partial charge in [0.05, 0.1) is 6.42 Å². The van der Waals surface area contributed by atoms with E-state index in [4.69, 9.17) is 5.11 Å². The molecule has 1 aromatic rings. The maximum absolute atomic E-state index is 10.4. The van der Waals surface area contributed by atoms with Crippen LogP contribution in [0.2, 0.25) is 0 Å². The predicted octanol–water partition coefficient (Wildman–Crippen LogP) is 1.97. The Kier molecular flexibility index (Phi) is 4.94. The van der Waals surface area contributed by atoms with Crippen molar-refractivity contribution in [2.75, 3.05) is 23.7 Å². The molecule has 3 N–H and O–H groups in total. The molecule has 6 heteroatoms. The van der Waals surface area contributed by atoms with Crippen molar-refractivity contribution in [3.05, 3.63) is 12.4 Å². The topological polar surface area (TPSA) is 87.1 Å². The van der Waals surface area contributed by atoms with Crippen LogP contribution in [-0.4, -0.2) is 34.1 Å². The van der Waals surface area contributed by atoms with Crippen LogP contribution in [0.25, 0.3) is 0 Å². The van der Waals surface area contributed by atoms with Gasteiger partial charge in [0, 0.05) is 19.2 Å². The van der Waals surface area contributed by atoms with Gasteiger partial charge in [-0.25, -0.2) is 9.97 Å². The summed E-state index contributed by atoms with van der Waals surface area (Å²) in [4.78, 5) is 18.6. The van der Waals surface area contributed by atoms with E-state index in [1.54, 1.807) is 0 Å². The van der Waals surface area contributed by atoms with Crippen molar-refractivity contribution in [1.82, 2.24) is 9.97 Å². The van der Waals surface area contributed by atoms with Crippen molar-refractivity contribution in [3.63, 3.8) is 0 Å². The SMILES string of the molecule is O=C(O)CCNc1cc(NCC2CCCC2)ncn1. The maximum Gasteiger partial charge on any atom is 0.305 e. The molecule has 1 aromatic heterocycles. The second-order valence-corrected chi connectivity index (χ2v) is 4.89. The lowest BCUT2D eigenvalue weighted by atomic mass is 10.1. The molecule has 0 spiro atoms. The quantitative estimate of drug-likeness (QED) is 0.698. The first kappa shape index (κ1) is 13.6. The molecule has 1 fully saturated rings. The van der Waals surface area contributed by atoms with Crippen LogP contribution in [0.1, 0.15) is 32.1 Å². The summed E-state index contributed by atoms with van der Waals surface area (Å²) in [6, 6.07) is 1.82. The Labute approximate surface area is 112 Å². The Morgan fingerprint density at radius 3 is 2.63 bits per heavy atom. The van der Waals surface area contributed by atoms with Crippen LogP contribution in [0.3, 0.4) is 0 Å². The summed E-state index contributed by atoms with van der Waals surface area (Å²) in [6.07, 6.45) is 6.81. The molecule has 0 aliphatic heterocycles. The third-order valence-corrected chi connectivity index (χ3v) is 3.36. The van der Waals surface area contributed by atoms with E-state index in [9.17, 15) is 4.79 Å². The molecule has 0 amide bonds. The van der Waals surface area contributed by atoms with E-state index in [-0.39, 0.29) is 6.42 Å². The number of hydrogen-bond acceptors (Lipinski definition) is 5. The molecule has 1 saturated carbocycles. The Morgan fingerprint density at radius 2 is 1.95 bits per heavy atom. The van der Waals surface area contributed by atoms with Crippen LogP contribution < -0.4 is 10.6 Å². The molecule has 0 radical (unpaired) electrons. The van der Waals surface area contributed by atoms with Gasteiger partial charge in [-0.15, -0.1) is 0 Å². The standard InChI is InChI=1S/C13H20N4O2/c18-13(19)5-6-14-11-7-12(17-9-16-11)15-8-10-3-1-2-4-10/h7,9-10H,1-6,8H2,(H,18,19)(H2,14,15,16,17). The minimum atomic E-state index is -0.818. The molecule has 0 aromatic carbocycles. The first-order chi connectivity index (χ1) is 9.24. The van der Waals surface area contributed by atoms with E-state index in [1.165, 1.54) is 32.0 Å². The average molecular weight is 264 g/mol. The number of nitrogens with one attached hydrogen (secondary N) is 2. The number of aliphatic carboxylic acids is 1. The van der Waals surface area contributed by atoms with Gasteiger partial charge < -0.3 is 15.7 Å². The normalized spacial score (nSPS) is 15.4. The summed E-state index contributed by atoms with van der Waals surface area (Å²) in [5.74, 6) is 1.38. The maximum atomic E-state index is 10.4. The molecule has 0 bridgehead atoms. The first-order valence-electron chi connectivity index (χ1n) is 6.75. The molecule has 0 unspecified atom stereocenters. The lowest BCUT2D eigenvalue weighted by molar-refractivity contribution is -0.136. The first-order valence-corrected chi connectivity index (χ1v) is 6.75. The van der Waals surface area contributed by atoms with E-state index in [1.807, 2.05) is 6.07 Å². The fourth-order valence-electron chi connectivity index (χ4n) is 2.31. The van der Waals surface area contributed by atoms with Crippen molar-refractivity contribution in [2.24, 2.45) is 5.92 Å². The van der Waals surface area contributed by atoms with E-state index in [0.29, 0.717) is 12.4 Å². The second-order valence-electron chi connectivity index (χ2n) is 4.89. The molecule has 1 aliphatic rings. The Hall–Kier alpha value is -1.85. The minimum Gasteiger partial charge on any atom is -0.481 e. The van der Waals surface area contributed by atoms with Crippen LogP contribution in [0.15, 0.2) is 12.4 Å². The lowest BCUT2D eigenvalue weighted by Gasteiger charge is -2.11. The number of carboxylic acids is 1. The highest BCUT2D eigenvalue weighted by atomic mass is 16.4. The summed E-state index contributed by atoms with van der Waals surface area (Å²) in [6.45, 7) is 1.32.